The number of carbonyl (C=O) groups is 1. The SMILES string of the molecule is CCCCC(C(=O)OC)N(C)CCC(F)(F)F. The Labute approximate surface area is 99.9 Å². The molecule has 1 atom stereocenters. The number of halogens is 3. The predicted octanol–water partition coefficient (Wildman–Crippen LogP) is 2.60. The fourth-order valence-electron chi connectivity index (χ4n) is 1.51. The van der Waals surface area contributed by atoms with E-state index >= 15 is 0 Å². The number of hydrogen-bond acceptors (Lipinski definition) is 3. The van der Waals surface area contributed by atoms with Crippen LogP contribution < -0.4 is 0 Å². The van der Waals surface area contributed by atoms with Crippen LogP contribution in [0, 0.1) is 0 Å². The van der Waals surface area contributed by atoms with Crippen molar-refractivity contribution in [3.8, 4) is 0 Å². The molecule has 0 saturated heterocycles. The smallest absolute Gasteiger partial charge is 0.390 e. The van der Waals surface area contributed by atoms with Gasteiger partial charge in [0.15, 0.2) is 0 Å². The van der Waals surface area contributed by atoms with Gasteiger partial charge in [-0.05, 0) is 13.5 Å². The molecule has 0 aliphatic heterocycles. The molecule has 0 N–H and O–H groups in total. The standard InChI is InChI=1S/C11H20F3NO2/c1-4-5-6-9(10(16)17-3)15(2)8-7-11(12,13)14/h9H,4-8H2,1-3H3. The highest BCUT2D eigenvalue weighted by atomic mass is 19.4. The average Bonchev–Trinajstić information content (AvgIpc) is 2.25. The van der Waals surface area contributed by atoms with Gasteiger partial charge in [-0.15, -0.1) is 0 Å². The van der Waals surface area contributed by atoms with Crippen LogP contribution in [0.5, 0.6) is 0 Å². The van der Waals surface area contributed by atoms with Crippen LogP contribution in [-0.4, -0.2) is 43.8 Å². The van der Waals surface area contributed by atoms with Crippen LogP contribution in [0.3, 0.4) is 0 Å². The summed E-state index contributed by atoms with van der Waals surface area (Å²) in [4.78, 5) is 12.9. The van der Waals surface area contributed by atoms with Crippen LogP contribution in [0.25, 0.3) is 0 Å². The van der Waals surface area contributed by atoms with Crippen molar-refractivity contribution >= 4 is 5.97 Å². The van der Waals surface area contributed by atoms with E-state index in [4.69, 9.17) is 0 Å². The summed E-state index contributed by atoms with van der Waals surface area (Å²) >= 11 is 0. The van der Waals surface area contributed by atoms with Gasteiger partial charge in [0.2, 0.25) is 0 Å². The highest BCUT2D eigenvalue weighted by Gasteiger charge is 2.30. The summed E-state index contributed by atoms with van der Waals surface area (Å²) in [5.41, 5.74) is 0. The molecule has 0 heterocycles. The van der Waals surface area contributed by atoms with E-state index in [0.717, 1.165) is 12.8 Å². The van der Waals surface area contributed by atoms with Crippen LogP contribution in [-0.2, 0) is 9.53 Å². The molecule has 0 aromatic rings. The summed E-state index contributed by atoms with van der Waals surface area (Å²) in [6.07, 6.45) is -2.91. The number of esters is 1. The summed E-state index contributed by atoms with van der Waals surface area (Å²) in [7, 11) is 2.77. The van der Waals surface area contributed by atoms with E-state index < -0.39 is 24.6 Å². The number of hydrogen-bond donors (Lipinski definition) is 0. The molecule has 102 valence electrons. The summed E-state index contributed by atoms with van der Waals surface area (Å²) in [6.45, 7) is 1.77. The van der Waals surface area contributed by atoms with Gasteiger partial charge in [-0.25, -0.2) is 0 Å². The topological polar surface area (TPSA) is 29.5 Å². The molecule has 0 saturated carbocycles. The van der Waals surface area contributed by atoms with Crippen molar-refractivity contribution in [2.24, 2.45) is 0 Å². The van der Waals surface area contributed by atoms with Gasteiger partial charge in [-0.1, -0.05) is 19.8 Å². The minimum atomic E-state index is -4.19. The molecule has 0 spiro atoms. The molecule has 0 aliphatic carbocycles. The Bertz CT molecular complexity index is 231. The zero-order chi connectivity index (χ0) is 13.5. The van der Waals surface area contributed by atoms with Gasteiger partial charge < -0.3 is 4.74 Å². The summed E-state index contributed by atoms with van der Waals surface area (Å²) in [5.74, 6) is -0.469. The molecule has 0 fully saturated rings. The molecule has 0 rings (SSSR count). The fourth-order valence-corrected chi connectivity index (χ4v) is 1.51. The van der Waals surface area contributed by atoms with Crippen LogP contribution in [0.4, 0.5) is 13.2 Å². The monoisotopic (exact) mass is 255 g/mol. The zero-order valence-electron chi connectivity index (χ0n) is 10.5. The number of ether oxygens (including phenoxy) is 1. The molecule has 0 amide bonds. The van der Waals surface area contributed by atoms with Crippen molar-refractivity contribution in [1.82, 2.24) is 4.90 Å². The Morgan fingerprint density at radius 1 is 1.41 bits per heavy atom. The van der Waals surface area contributed by atoms with E-state index in [0.29, 0.717) is 6.42 Å². The van der Waals surface area contributed by atoms with Crippen LogP contribution >= 0.6 is 0 Å². The number of unbranched alkanes of at least 4 members (excludes halogenated alkanes) is 1. The van der Waals surface area contributed by atoms with Crippen molar-refractivity contribution in [1.29, 1.82) is 0 Å². The van der Waals surface area contributed by atoms with E-state index in [1.54, 1.807) is 0 Å². The Hall–Kier alpha value is -0.780. The van der Waals surface area contributed by atoms with E-state index in [1.807, 2.05) is 6.92 Å². The maximum atomic E-state index is 12.1. The lowest BCUT2D eigenvalue weighted by atomic mass is 10.1. The molecular weight excluding hydrogens is 235 g/mol. The summed E-state index contributed by atoms with van der Waals surface area (Å²) in [6, 6.07) is -0.581. The Morgan fingerprint density at radius 2 is 2.00 bits per heavy atom. The molecule has 0 aromatic heterocycles. The number of alkyl halides is 3. The van der Waals surface area contributed by atoms with Crippen LogP contribution in [0.1, 0.15) is 32.6 Å². The summed E-state index contributed by atoms with van der Waals surface area (Å²) in [5, 5.41) is 0. The Balaban J connectivity index is 4.31. The lowest BCUT2D eigenvalue weighted by Gasteiger charge is -2.26. The number of nitrogens with zero attached hydrogens (tertiary/aromatic N) is 1. The van der Waals surface area contributed by atoms with E-state index in [1.165, 1.54) is 19.1 Å². The second-order valence-electron chi connectivity index (χ2n) is 4.03. The summed E-state index contributed by atoms with van der Waals surface area (Å²) < 4.78 is 40.8. The minimum Gasteiger partial charge on any atom is -0.468 e. The van der Waals surface area contributed by atoms with Crippen molar-refractivity contribution < 1.29 is 22.7 Å². The highest BCUT2D eigenvalue weighted by Crippen LogP contribution is 2.20. The van der Waals surface area contributed by atoms with Crippen molar-refractivity contribution in [3.63, 3.8) is 0 Å². The third-order valence-electron chi connectivity index (χ3n) is 2.58. The van der Waals surface area contributed by atoms with Gasteiger partial charge in [0.25, 0.3) is 0 Å². The first-order valence-electron chi connectivity index (χ1n) is 5.66. The molecule has 0 bridgehead atoms. The van der Waals surface area contributed by atoms with Gasteiger partial charge in [-0.2, -0.15) is 13.2 Å². The van der Waals surface area contributed by atoms with Crippen LogP contribution in [0.2, 0.25) is 0 Å². The predicted molar refractivity (Wildman–Crippen MR) is 58.6 cm³/mol. The van der Waals surface area contributed by atoms with Gasteiger partial charge >= 0.3 is 12.1 Å². The first-order valence-corrected chi connectivity index (χ1v) is 5.66. The molecule has 17 heavy (non-hydrogen) atoms. The largest absolute Gasteiger partial charge is 0.468 e. The molecule has 0 aromatic carbocycles. The fraction of sp³-hybridized carbons (Fsp3) is 0.909. The Morgan fingerprint density at radius 3 is 2.41 bits per heavy atom. The van der Waals surface area contributed by atoms with E-state index in [9.17, 15) is 18.0 Å². The molecular formula is C11H20F3NO2. The van der Waals surface area contributed by atoms with Gasteiger partial charge in [0.05, 0.1) is 13.5 Å². The first-order chi connectivity index (χ1) is 7.81. The number of carbonyl (C=O) groups excluding carboxylic acids is 1. The lowest BCUT2D eigenvalue weighted by Crippen LogP contribution is -2.40. The quantitative estimate of drug-likeness (QED) is 0.655. The molecule has 3 nitrogen and oxygen atoms in total. The number of likely N-dealkylation sites (N-methyl/N-ethyl adjacent to an activating group) is 1. The zero-order valence-corrected chi connectivity index (χ0v) is 10.5. The molecule has 0 radical (unpaired) electrons. The maximum Gasteiger partial charge on any atom is 0.390 e. The van der Waals surface area contributed by atoms with E-state index in [-0.39, 0.29) is 6.54 Å². The third kappa shape index (κ3) is 7.20. The van der Waals surface area contributed by atoms with Gasteiger partial charge in [-0.3, -0.25) is 9.69 Å². The van der Waals surface area contributed by atoms with Gasteiger partial charge in [0.1, 0.15) is 6.04 Å². The lowest BCUT2D eigenvalue weighted by molar-refractivity contribution is -0.152. The van der Waals surface area contributed by atoms with Gasteiger partial charge in [0, 0.05) is 6.54 Å². The molecule has 6 heteroatoms. The highest BCUT2D eigenvalue weighted by molar-refractivity contribution is 5.75. The maximum absolute atomic E-state index is 12.1. The van der Waals surface area contributed by atoms with Crippen LogP contribution in [0.15, 0.2) is 0 Å². The van der Waals surface area contributed by atoms with E-state index in [2.05, 4.69) is 4.74 Å². The number of methoxy groups -OCH3 is 1. The van der Waals surface area contributed by atoms with Crippen molar-refractivity contribution in [3.05, 3.63) is 0 Å². The van der Waals surface area contributed by atoms with Crippen molar-refractivity contribution in [2.75, 3.05) is 20.7 Å². The third-order valence-corrected chi connectivity index (χ3v) is 2.58. The number of rotatable bonds is 7. The first kappa shape index (κ1) is 16.2. The van der Waals surface area contributed by atoms with Crippen molar-refractivity contribution in [2.45, 2.75) is 44.8 Å². The average molecular weight is 255 g/mol. The molecule has 1 unspecified atom stereocenters. The Kier molecular flexibility index (Phi) is 7.18. The second kappa shape index (κ2) is 7.53. The second-order valence-corrected chi connectivity index (χ2v) is 4.03. The molecule has 0 aliphatic rings. The minimum absolute atomic E-state index is 0.188. The normalized spacial score (nSPS) is 13.8.